The molecule has 140 valence electrons. The normalized spacial score (nSPS) is 11.3. The van der Waals surface area contributed by atoms with Crippen molar-refractivity contribution in [2.24, 2.45) is 4.99 Å². The molecule has 0 aliphatic heterocycles. The zero-order chi connectivity index (χ0) is 18.8. The Morgan fingerprint density at radius 1 is 1.23 bits per heavy atom. The number of guanidine groups is 1. The highest BCUT2D eigenvalue weighted by molar-refractivity contribution is 5.94. The minimum absolute atomic E-state index is 0.103. The Morgan fingerprint density at radius 3 is 2.73 bits per heavy atom. The highest BCUT2D eigenvalue weighted by Crippen LogP contribution is 2.16. The first kappa shape index (κ1) is 19.4. The van der Waals surface area contributed by atoms with Gasteiger partial charge in [0.25, 0.3) is 0 Å². The maximum atomic E-state index is 12.0. The minimum Gasteiger partial charge on any atom is -0.361 e. The predicted molar refractivity (Wildman–Crippen MR) is 101 cm³/mol. The van der Waals surface area contributed by atoms with E-state index in [9.17, 15) is 4.79 Å². The fraction of sp³-hybridized carbons (Fsp3) is 0.444. The van der Waals surface area contributed by atoms with Crippen LogP contribution >= 0.6 is 0 Å². The lowest BCUT2D eigenvalue weighted by Gasteiger charge is -2.11. The van der Waals surface area contributed by atoms with Crippen LogP contribution in [0.1, 0.15) is 37.8 Å². The van der Waals surface area contributed by atoms with Gasteiger partial charge in [-0.1, -0.05) is 19.0 Å². The van der Waals surface area contributed by atoms with Gasteiger partial charge in [-0.15, -0.1) is 0 Å². The Hall–Kier alpha value is -2.90. The van der Waals surface area contributed by atoms with Crippen molar-refractivity contribution in [1.29, 1.82) is 0 Å². The van der Waals surface area contributed by atoms with Crippen LogP contribution in [0.3, 0.4) is 0 Å². The first-order chi connectivity index (χ1) is 12.7. The molecule has 0 atom stereocenters. The van der Waals surface area contributed by atoms with Gasteiger partial charge in [-0.05, 0) is 25.5 Å². The Bertz CT molecular complexity index is 705. The SMILES string of the molecule is CCNC(=NCc1c(CC)noc1CC)NCC(=O)Nc1cccnc1. The van der Waals surface area contributed by atoms with Gasteiger partial charge >= 0.3 is 0 Å². The van der Waals surface area contributed by atoms with Crippen molar-refractivity contribution in [3.8, 4) is 0 Å². The number of aromatic nitrogens is 2. The summed E-state index contributed by atoms with van der Waals surface area (Å²) in [5, 5.41) is 13.0. The Balaban J connectivity index is 1.96. The van der Waals surface area contributed by atoms with Crippen LogP contribution in [0, 0.1) is 0 Å². The van der Waals surface area contributed by atoms with E-state index in [0.717, 1.165) is 29.9 Å². The first-order valence-electron chi connectivity index (χ1n) is 8.86. The number of nitrogens with zero attached hydrogens (tertiary/aromatic N) is 3. The maximum absolute atomic E-state index is 12.0. The molecule has 0 aliphatic carbocycles. The lowest BCUT2D eigenvalue weighted by Crippen LogP contribution is -2.41. The summed E-state index contributed by atoms with van der Waals surface area (Å²) in [7, 11) is 0. The van der Waals surface area contributed by atoms with E-state index in [4.69, 9.17) is 4.52 Å². The molecule has 2 rings (SSSR count). The zero-order valence-corrected chi connectivity index (χ0v) is 15.5. The molecule has 8 heteroatoms. The van der Waals surface area contributed by atoms with Crippen LogP contribution in [-0.2, 0) is 24.2 Å². The number of amides is 1. The van der Waals surface area contributed by atoms with Gasteiger partial charge in [0, 0.05) is 24.7 Å². The van der Waals surface area contributed by atoms with Gasteiger partial charge < -0.3 is 20.5 Å². The van der Waals surface area contributed by atoms with Crippen LogP contribution in [0.2, 0.25) is 0 Å². The average Bonchev–Trinajstić information content (AvgIpc) is 3.06. The molecule has 2 aromatic heterocycles. The number of pyridine rings is 1. The molecular formula is C18H26N6O2. The molecule has 0 unspecified atom stereocenters. The molecule has 0 fully saturated rings. The number of aryl methyl sites for hydroxylation is 2. The van der Waals surface area contributed by atoms with E-state index in [1.165, 1.54) is 0 Å². The average molecular weight is 358 g/mol. The van der Waals surface area contributed by atoms with Gasteiger partial charge in [-0.3, -0.25) is 9.78 Å². The van der Waals surface area contributed by atoms with E-state index in [1.807, 2.05) is 20.8 Å². The van der Waals surface area contributed by atoms with Crippen molar-refractivity contribution < 1.29 is 9.32 Å². The molecule has 0 spiro atoms. The Labute approximate surface area is 153 Å². The number of nitrogens with one attached hydrogen (secondary N) is 3. The second-order valence-corrected chi connectivity index (χ2v) is 5.58. The predicted octanol–water partition coefficient (Wildman–Crippen LogP) is 1.89. The quantitative estimate of drug-likeness (QED) is 0.492. The van der Waals surface area contributed by atoms with Crippen LogP contribution in [0.15, 0.2) is 34.0 Å². The molecule has 2 aromatic rings. The number of carbonyl (C=O) groups is 1. The van der Waals surface area contributed by atoms with Crippen LogP contribution < -0.4 is 16.0 Å². The molecule has 2 heterocycles. The van der Waals surface area contributed by atoms with Crippen LogP contribution in [-0.4, -0.2) is 35.1 Å². The zero-order valence-electron chi connectivity index (χ0n) is 15.5. The third kappa shape index (κ3) is 5.58. The van der Waals surface area contributed by atoms with Gasteiger partial charge in [0.2, 0.25) is 5.91 Å². The van der Waals surface area contributed by atoms with Crippen molar-refractivity contribution in [2.75, 3.05) is 18.4 Å². The number of hydrogen-bond donors (Lipinski definition) is 3. The summed E-state index contributed by atoms with van der Waals surface area (Å²) in [5.41, 5.74) is 2.61. The molecule has 1 amide bonds. The Morgan fingerprint density at radius 2 is 2.08 bits per heavy atom. The summed E-state index contributed by atoms with van der Waals surface area (Å²) in [5.74, 6) is 1.26. The minimum atomic E-state index is -0.169. The standard InChI is InChI=1S/C18H26N6O2/c1-4-15-14(16(5-2)26-24-15)11-21-18(20-6-3)22-12-17(25)23-13-8-7-9-19-10-13/h7-10H,4-6,11-12H2,1-3H3,(H,23,25)(H2,20,21,22). The number of hydrogen-bond acceptors (Lipinski definition) is 5. The fourth-order valence-electron chi connectivity index (χ4n) is 2.42. The molecule has 0 saturated carbocycles. The van der Waals surface area contributed by atoms with Crippen molar-refractivity contribution >= 4 is 17.6 Å². The fourth-order valence-corrected chi connectivity index (χ4v) is 2.42. The van der Waals surface area contributed by atoms with Crippen LogP contribution in [0.4, 0.5) is 5.69 Å². The molecular weight excluding hydrogens is 332 g/mol. The second kappa shape index (κ2) is 10.2. The summed E-state index contributed by atoms with van der Waals surface area (Å²) in [6, 6.07) is 3.55. The molecule has 0 aromatic carbocycles. The number of aliphatic imine (C=N–C) groups is 1. The molecule has 0 aliphatic rings. The highest BCUT2D eigenvalue weighted by atomic mass is 16.5. The van der Waals surface area contributed by atoms with E-state index in [2.05, 4.69) is 31.1 Å². The number of rotatable bonds is 8. The monoisotopic (exact) mass is 358 g/mol. The van der Waals surface area contributed by atoms with Gasteiger partial charge in [-0.25, -0.2) is 4.99 Å². The summed E-state index contributed by atoms with van der Waals surface area (Å²) in [6.07, 6.45) is 4.83. The highest BCUT2D eigenvalue weighted by Gasteiger charge is 2.13. The van der Waals surface area contributed by atoms with E-state index >= 15 is 0 Å². The van der Waals surface area contributed by atoms with E-state index in [0.29, 0.717) is 24.7 Å². The van der Waals surface area contributed by atoms with E-state index in [1.54, 1.807) is 24.5 Å². The second-order valence-electron chi connectivity index (χ2n) is 5.58. The molecule has 8 nitrogen and oxygen atoms in total. The molecule has 0 radical (unpaired) electrons. The largest absolute Gasteiger partial charge is 0.361 e. The van der Waals surface area contributed by atoms with E-state index in [-0.39, 0.29) is 12.5 Å². The number of anilines is 1. The maximum Gasteiger partial charge on any atom is 0.243 e. The molecule has 26 heavy (non-hydrogen) atoms. The third-order valence-corrected chi connectivity index (χ3v) is 3.71. The third-order valence-electron chi connectivity index (χ3n) is 3.71. The summed E-state index contributed by atoms with van der Waals surface area (Å²) in [4.78, 5) is 20.6. The van der Waals surface area contributed by atoms with E-state index < -0.39 is 0 Å². The van der Waals surface area contributed by atoms with Crippen molar-refractivity contribution in [3.05, 3.63) is 41.5 Å². The summed E-state index contributed by atoms with van der Waals surface area (Å²) in [6.45, 7) is 7.29. The van der Waals surface area contributed by atoms with Crippen molar-refractivity contribution in [2.45, 2.75) is 40.2 Å². The summed E-state index contributed by atoms with van der Waals surface area (Å²) < 4.78 is 5.36. The lowest BCUT2D eigenvalue weighted by molar-refractivity contribution is -0.115. The molecule has 3 N–H and O–H groups in total. The van der Waals surface area contributed by atoms with Crippen molar-refractivity contribution in [3.63, 3.8) is 0 Å². The number of carbonyl (C=O) groups excluding carboxylic acids is 1. The van der Waals surface area contributed by atoms with Crippen LogP contribution in [0.5, 0.6) is 0 Å². The van der Waals surface area contributed by atoms with Crippen molar-refractivity contribution in [1.82, 2.24) is 20.8 Å². The van der Waals surface area contributed by atoms with Crippen LogP contribution in [0.25, 0.3) is 0 Å². The smallest absolute Gasteiger partial charge is 0.243 e. The van der Waals surface area contributed by atoms with Gasteiger partial charge in [0.15, 0.2) is 5.96 Å². The van der Waals surface area contributed by atoms with Gasteiger partial charge in [-0.2, -0.15) is 0 Å². The van der Waals surface area contributed by atoms with Gasteiger partial charge in [0.1, 0.15) is 5.76 Å². The van der Waals surface area contributed by atoms with Gasteiger partial charge in [0.05, 0.1) is 30.7 Å². The molecule has 0 saturated heterocycles. The lowest BCUT2D eigenvalue weighted by atomic mass is 10.1. The topological polar surface area (TPSA) is 104 Å². The summed E-state index contributed by atoms with van der Waals surface area (Å²) >= 11 is 0. The Kier molecular flexibility index (Phi) is 7.60. The first-order valence-corrected chi connectivity index (χ1v) is 8.86. The molecule has 0 bridgehead atoms.